The molecule has 1 aromatic heterocycles. The Labute approximate surface area is 165 Å². The van der Waals surface area contributed by atoms with Crippen LogP contribution in [0.15, 0.2) is 72.9 Å². The summed E-state index contributed by atoms with van der Waals surface area (Å²) in [5.74, 6) is 1.42. The Kier molecular flexibility index (Phi) is 6.63. The molecule has 0 spiro atoms. The van der Waals surface area contributed by atoms with Crippen molar-refractivity contribution in [2.24, 2.45) is 0 Å². The lowest BCUT2D eigenvalue weighted by atomic mass is 10.1. The number of hydrogen-bond donors (Lipinski definition) is 2. The third-order valence-corrected chi connectivity index (χ3v) is 4.55. The maximum absolute atomic E-state index is 12.6. The Morgan fingerprint density at radius 2 is 1.82 bits per heavy atom. The fourth-order valence-electron chi connectivity index (χ4n) is 2.90. The zero-order valence-electron chi connectivity index (χ0n) is 16.2. The predicted molar refractivity (Wildman–Crippen MR) is 112 cm³/mol. The van der Waals surface area contributed by atoms with Gasteiger partial charge in [-0.1, -0.05) is 42.5 Å². The average Bonchev–Trinajstić information content (AvgIpc) is 2.75. The van der Waals surface area contributed by atoms with Crippen LogP contribution in [0.2, 0.25) is 0 Å². The molecule has 3 aromatic rings. The average molecular weight is 375 g/mol. The SMILES string of the molecule is COc1ccc(CCNc2cc(C(=O)NC(C)c3ccccc3)ccn2)cc1. The third kappa shape index (κ3) is 5.33. The van der Waals surface area contributed by atoms with Gasteiger partial charge in [0.15, 0.2) is 0 Å². The molecule has 0 bridgehead atoms. The summed E-state index contributed by atoms with van der Waals surface area (Å²) in [4.78, 5) is 16.9. The van der Waals surface area contributed by atoms with Gasteiger partial charge in [-0.15, -0.1) is 0 Å². The van der Waals surface area contributed by atoms with Gasteiger partial charge in [-0.05, 0) is 48.7 Å². The topological polar surface area (TPSA) is 63.2 Å². The number of nitrogens with one attached hydrogen (secondary N) is 2. The Hall–Kier alpha value is -3.34. The van der Waals surface area contributed by atoms with Crippen molar-refractivity contribution in [1.29, 1.82) is 0 Å². The van der Waals surface area contributed by atoms with E-state index in [2.05, 4.69) is 15.6 Å². The van der Waals surface area contributed by atoms with Crippen LogP contribution in [0.1, 0.15) is 34.5 Å². The van der Waals surface area contributed by atoms with Gasteiger partial charge in [0, 0.05) is 18.3 Å². The Morgan fingerprint density at radius 1 is 1.07 bits per heavy atom. The van der Waals surface area contributed by atoms with Crippen molar-refractivity contribution < 1.29 is 9.53 Å². The Bertz CT molecular complexity index is 895. The summed E-state index contributed by atoms with van der Waals surface area (Å²) in [6.07, 6.45) is 2.50. The van der Waals surface area contributed by atoms with E-state index in [0.717, 1.165) is 24.3 Å². The lowest BCUT2D eigenvalue weighted by Crippen LogP contribution is -2.26. The Balaban J connectivity index is 1.54. The maximum atomic E-state index is 12.6. The van der Waals surface area contributed by atoms with Crippen molar-refractivity contribution in [2.75, 3.05) is 19.0 Å². The standard InChI is InChI=1S/C23H25N3O2/c1-17(19-6-4-3-5-7-19)26-23(27)20-13-15-25-22(16-20)24-14-12-18-8-10-21(28-2)11-9-18/h3-11,13,15-17H,12,14H2,1-2H3,(H,24,25)(H,26,27). The van der Waals surface area contributed by atoms with Crippen molar-refractivity contribution in [3.8, 4) is 5.75 Å². The number of ether oxygens (including phenoxy) is 1. The molecule has 3 rings (SSSR count). The van der Waals surface area contributed by atoms with Gasteiger partial charge in [-0.25, -0.2) is 4.98 Å². The molecule has 1 atom stereocenters. The summed E-state index contributed by atoms with van der Waals surface area (Å²) >= 11 is 0. The molecule has 5 nitrogen and oxygen atoms in total. The van der Waals surface area contributed by atoms with E-state index < -0.39 is 0 Å². The smallest absolute Gasteiger partial charge is 0.251 e. The van der Waals surface area contributed by atoms with Crippen LogP contribution in [0.5, 0.6) is 5.75 Å². The maximum Gasteiger partial charge on any atom is 0.251 e. The zero-order valence-corrected chi connectivity index (χ0v) is 16.2. The number of hydrogen-bond acceptors (Lipinski definition) is 4. The highest BCUT2D eigenvalue weighted by atomic mass is 16.5. The lowest BCUT2D eigenvalue weighted by molar-refractivity contribution is 0.0940. The summed E-state index contributed by atoms with van der Waals surface area (Å²) in [5, 5.41) is 6.31. The third-order valence-electron chi connectivity index (χ3n) is 4.55. The quantitative estimate of drug-likeness (QED) is 0.618. The van der Waals surface area contributed by atoms with E-state index in [1.54, 1.807) is 25.4 Å². The summed E-state index contributed by atoms with van der Waals surface area (Å²) in [5.41, 5.74) is 2.87. The molecular formula is C23H25N3O2. The minimum absolute atomic E-state index is 0.0617. The van der Waals surface area contributed by atoms with Gasteiger partial charge in [-0.2, -0.15) is 0 Å². The summed E-state index contributed by atoms with van der Waals surface area (Å²) in [6.45, 7) is 2.70. The number of carbonyl (C=O) groups is 1. The first kappa shape index (κ1) is 19.4. The van der Waals surface area contributed by atoms with E-state index in [0.29, 0.717) is 11.4 Å². The molecule has 144 valence electrons. The fraction of sp³-hybridized carbons (Fsp3) is 0.217. The second-order valence-corrected chi connectivity index (χ2v) is 6.56. The van der Waals surface area contributed by atoms with Crippen LogP contribution in [-0.2, 0) is 6.42 Å². The van der Waals surface area contributed by atoms with Crippen molar-refractivity contribution in [1.82, 2.24) is 10.3 Å². The highest BCUT2D eigenvalue weighted by Crippen LogP contribution is 2.14. The zero-order chi connectivity index (χ0) is 19.8. The van der Waals surface area contributed by atoms with Crippen molar-refractivity contribution in [3.05, 3.63) is 89.6 Å². The molecule has 0 aliphatic carbocycles. The van der Waals surface area contributed by atoms with E-state index in [1.807, 2.05) is 61.5 Å². The number of pyridine rings is 1. The molecule has 1 heterocycles. The highest BCUT2D eigenvalue weighted by molar-refractivity contribution is 5.95. The van der Waals surface area contributed by atoms with Crippen molar-refractivity contribution in [2.45, 2.75) is 19.4 Å². The van der Waals surface area contributed by atoms with Crippen LogP contribution < -0.4 is 15.4 Å². The van der Waals surface area contributed by atoms with E-state index in [1.165, 1.54) is 5.56 Å². The van der Waals surface area contributed by atoms with Gasteiger partial charge in [-0.3, -0.25) is 4.79 Å². The van der Waals surface area contributed by atoms with Crippen LogP contribution in [0, 0.1) is 0 Å². The summed E-state index contributed by atoms with van der Waals surface area (Å²) < 4.78 is 5.17. The fourth-order valence-corrected chi connectivity index (χ4v) is 2.90. The van der Waals surface area contributed by atoms with Gasteiger partial charge in [0.25, 0.3) is 5.91 Å². The number of rotatable bonds is 8. The monoisotopic (exact) mass is 375 g/mol. The lowest BCUT2D eigenvalue weighted by Gasteiger charge is -2.14. The number of methoxy groups -OCH3 is 1. The van der Waals surface area contributed by atoms with Crippen LogP contribution in [0.3, 0.4) is 0 Å². The van der Waals surface area contributed by atoms with Gasteiger partial charge < -0.3 is 15.4 Å². The molecule has 1 amide bonds. The first-order valence-corrected chi connectivity index (χ1v) is 9.34. The van der Waals surface area contributed by atoms with Gasteiger partial charge in [0.1, 0.15) is 11.6 Å². The van der Waals surface area contributed by atoms with E-state index >= 15 is 0 Å². The van der Waals surface area contributed by atoms with Crippen LogP contribution in [-0.4, -0.2) is 24.5 Å². The number of carbonyl (C=O) groups excluding carboxylic acids is 1. The molecule has 2 N–H and O–H groups in total. The number of nitrogens with zero attached hydrogens (tertiary/aromatic N) is 1. The normalized spacial score (nSPS) is 11.5. The van der Waals surface area contributed by atoms with Gasteiger partial charge in [0.05, 0.1) is 13.2 Å². The summed E-state index contributed by atoms with van der Waals surface area (Å²) in [6, 6.07) is 21.3. The van der Waals surface area contributed by atoms with E-state index in [-0.39, 0.29) is 11.9 Å². The Morgan fingerprint density at radius 3 is 2.54 bits per heavy atom. The van der Waals surface area contributed by atoms with Gasteiger partial charge in [0.2, 0.25) is 0 Å². The first-order valence-electron chi connectivity index (χ1n) is 9.34. The molecule has 0 fully saturated rings. The number of anilines is 1. The van der Waals surface area contributed by atoms with Gasteiger partial charge >= 0.3 is 0 Å². The molecule has 0 saturated heterocycles. The second-order valence-electron chi connectivity index (χ2n) is 6.56. The molecule has 0 aliphatic heterocycles. The van der Waals surface area contributed by atoms with Crippen LogP contribution >= 0.6 is 0 Å². The van der Waals surface area contributed by atoms with Crippen LogP contribution in [0.4, 0.5) is 5.82 Å². The number of aromatic nitrogens is 1. The molecule has 28 heavy (non-hydrogen) atoms. The largest absolute Gasteiger partial charge is 0.497 e. The summed E-state index contributed by atoms with van der Waals surface area (Å²) in [7, 11) is 1.66. The first-order chi connectivity index (χ1) is 13.7. The number of amides is 1. The minimum atomic E-state index is -0.114. The molecule has 0 saturated carbocycles. The minimum Gasteiger partial charge on any atom is -0.497 e. The number of benzene rings is 2. The predicted octanol–water partition coefficient (Wildman–Crippen LogP) is 4.24. The van der Waals surface area contributed by atoms with Crippen molar-refractivity contribution in [3.63, 3.8) is 0 Å². The molecule has 0 radical (unpaired) electrons. The van der Waals surface area contributed by atoms with Crippen LogP contribution in [0.25, 0.3) is 0 Å². The van der Waals surface area contributed by atoms with E-state index in [9.17, 15) is 4.79 Å². The highest BCUT2D eigenvalue weighted by Gasteiger charge is 2.12. The molecule has 5 heteroatoms. The second kappa shape index (κ2) is 9.55. The molecule has 2 aromatic carbocycles. The molecule has 1 unspecified atom stereocenters. The van der Waals surface area contributed by atoms with Crippen molar-refractivity contribution >= 4 is 11.7 Å². The molecular weight excluding hydrogens is 350 g/mol. The van der Waals surface area contributed by atoms with E-state index in [4.69, 9.17) is 4.74 Å². The molecule has 0 aliphatic rings.